The van der Waals surface area contributed by atoms with E-state index in [4.69, 9.17) is 0 Å². The summed E-state index contributed by atoms with van der Waals surface area (Å²) in [5, 5.41) is 10.5. The van der Waals surface area contributed by atoms with Crippen LogP contribution in [0.15, 0.2) is 22.7 Å². The van der Waals surface area contributed by atoms with Crippen LogP contribution in [-0.4, -0.2) is 12.0 Å². The fourth-order valence-corrected chi connectivity index (χ4v) is 1.52. The second kappa shape index (κ2) is 5.04. The summed E-state index contributed by atoms with van der Waals surface area (Å²) in [6, 6.07) is 4.74. The normalized spacial score (nSPS) is 10.1. The van der Waals surface area contributed by atoms with Crippen molar-refractivity contribution in [2.75, 3.05) is 7.11 Å². The van der Waals surface area contributed by atoms with E-state index in [-0.39, 0.29) is 5.69 Å². The maximum Gasteiger partial charge on any atom is 0.270 e. The third-order valence-electron chi connectivity index (χ3n) is 1.57. The van der Waals surface area contributed by atoms with E-state index in [1.165, 1.54) is 19.2 Å². The molecule has 0 aliphatic rings. The van der Waals surface area contributed by atoms with Crippen molar-refractivity contribution in [1.29, 1.82) is 0 Å². The lowest BCUT2D eigenvalue weighted by molar-refractivity contribution is -0.385. The Kier molecular flexibility index (Phi) is 3.99. The number of hydrogen-bond acceptors (Lipinski definition) is 4. The number of nitrogens with zero attached hydrogens (tertiary/aromatic N) is 1. The number of hydroxylamine groups is 1. The molecule has 1 rings (SSSR count). The second-order valence-corrected chi connectivity index (χ2v) is 3.52. The van der Waals surface area contributed by atoms with Crippen LogP contribution in [0.5, 0.6) is 0 Å². The summed E-state index contributed by atoms with van der Waals surface area (Å²) in [6.07, 6.45) is 0. The Morgan fingerprint density at radius 2 is 2.29 bits per heavy atom. The monoisotopic (exact) mass is 260 g/mol. The minimum absolute atomic E-state index is 0.0623. The Balaban J connectivity index is 2.89. The minimum Gasteiger partial charge on any atom is -0.305 e. The Morgan fingerprint density at radius 3 is 2.86 bits per heavy atom. The molecule has 1 aromatic rings. The molecule has 0 amide bonds. The van der Waals surface area contributed by atoms with Gasteiger partial charge in [-0.2, -0.15) is 5.48 Å². The first-order chi connectivity index (χ1) is 6.63. The van der Waals surface area contributed by atoms with Crippen LogP contribution in [0.25, 0.3) is 0 Å². The maximum absolute atomic E-state index is 10.5. The van der Waals surface area contributed by atoms with E-state index in [0.717, 1.165) is 5.56 Å². The van der Waals surface area contributed by atoms with Gasteiger partial charge in [-0.15, -0.1) is 0 Å². The Morgan fingerprint density at radius 1 is 1.57 bits per heavy atom. The molecule has 0 unspecified atom stereocenters. The molecule has 0 bridgehead atoms. The van der Waals surface area contributed by atoms with E-state index in [9.17, 15) is 10.1 Å². The lowest BCUT2D eigenvalue weighted by atomic mass is 10.2. The first-order valence-corrected chi connectivity index (χ1v) is 4.62. The Labute approximate surface area is 89.3 Å². The van der Waals surface area contributed by atoms with Crippen molar-refractivity contribution in [3.63, 3.8) is 0 Å². The van der Waals surface area contributed by atoms with E-state index < -0.39 is 4.92 Å². The quantitative estimate of drug-likeness (QED) is 0.665. The van der Waals surface area contributed by atoms with E-state index >= 15 is 0 Å². The highest BCUT2D eigenvalue weighted by Gasteiger charge is 2.08. The van der Waals surface area contributed by atoms with Crippen LogP contribution in [0.2, 0.25) is 0 Å². The number of rotatable bonds is 4. The van der Waals surface area contributed by atoms with Gasteiger partial charge in [-0.25, -0.2) is 0 Å². The van der Waals surface area contributed by atoms with Crippen LogP contribution in [0.1, 0.15) is 5.56 Å². The van der Waals surface area contributed by atoms with Gasteiger partial charge in [0, 0.05) is 23.2 Å². The molecule has 0 saturated carbocycles. The summed E-state index contributed by atoms with van der Waals surface area (Å²) in [5.74, 6) is 0. The second-order valence-electron chi connectivity index (χ2n) is 2.60. The van der Waals surface area contributed by atoms with Gasteiger partial charge in [0.1, 0.15) is 0 Å². The number of benzene rings is 1. The van der Waals surface area contributed by atoms with Crippen molar-refractivity contribution in [3.8, 4) is 0 Å². The van der Waals surface area contributed by atoms with E-state index in [2.05, 4.69) is 26.2 Å². The van der Waals surface area contributed by atoms with Crippen molar-refractivity contribution in [1.82, 2.24) is 5.48 Å². The smallest absolute Gasteiger partial charge is 0.270 e. The predicted molar refractivity (Wildman–Crippen MR) is 54.6 cm³/mol. The van der Waals surface area contributed by atoms with Crippen LogP contribution >= 0.6 is 15.9 Å². The summed E-state index contributed by atoms with van der Waals surface area (Å²) < 4.78 is 0.680. The summed E-state index contributed by atoms with van der Waals surface area (Å²) in [6.45, 7) is 0.427. The third kappa shape index (κ3) is 3.06. The van der Waals surface area contributed by atoms with Crippen molar-refractivity contribution in [2.24, 2.45) is 0 Å². The Hall–Kier alpha value is -0.980. The zero-order valence-electron chi connectivity index (χ0n) is 7.49. The molecule has 0 aliphatic heterocycles. The molecular weight excluding hydrogens is 252 g/mol. The number of non-ortho nitro benzene ring substituents is 1. The highest BCUT2D eigenvalue weighted by molar-refractivity contribution is 9.10. The SMILES string of the molecule is CONCc1cc(Br)cc([N+](=O)[O-])c1. The van der Waals surface area contributed by atoms with Gasteiger partial charge in [-0.1, -0.05) is 15.9 Å². The molecule has 0 aliphatic carbocycles. The van der Waals surface area contributed by atoms with Crippen molar-refractivity contribution >= 4 is 21.6 Å². The van der Waals surface area contributed by atoms with Crippen LogP contribution < -0.4 is 5.48 Å². The van der Waals surface area contributed by atoms with Gasteiger partial charge in [-0.05, 0) is 11.6 Å². The molecule has 0 fully saturated rings. The van der Waals surface area contributed by atoms with E-state index in [0.29, 0.717) is 11.0 Å². The molecular formula is C8H9BrN2O3. The van der Waals surface area contributed by atoms with Crippen LogP contribution in [0, 0.1) is 10.1 Å². The topological polar surface area (TPSA) is 64.4 Å². The minimum atomic E-state index is -0.430. The average molecular weight is 261 g/mol. The summed E-state index contributed by atoms with van der Waals surface area (Å²) in [5.41, 5.74) is 3.46. The number of nitro benzene ring substituents is 1. The largest absolute Gasteiger partial charge is 0.305 e. The number of nitro groups is 1. The maximum atomic E-state index is 10.5. The first-order valence-electron chi connectivity index (χ1n) is 3.83. The molecule has 14 heavy (non-hydrogen) atoms. The molecule has 1 N–H and O–H groups in total. The fourth-order valence-electron chi connectivity index (χ4n) is 0.996. The fraction of sp³-hybridized carbons (Fsp3) is 0.250. The number of halogens is 1. The Bertz CT molecular complexity index is 343. The standard InChI is InChI=1S/C8H9BrN2O3/c1-14-10-5-6-2-7(9)4-8(3-6)11(12)13/h2-4,10H,5H2,1H3. The summed E-state index contributed by atoms with van der Waals surface area (Å²) in [7, 11) is 1.49. The molecule has 76 valence electrons. The molecule has 6 heteroatoms. The molecule has 0 spiro atoms. The van der Waals surface area contributed by atoms with E-state index in [1.54, 1.807) is 6.07 Å². The van der Waals surface area contributed by atoms with Gasteiger partial charge in [0.2, 0.25) is 0 Å². The lowest BCUT2D eigenvalue weighted by Gasteiger charge is -2.02. The molecule has 0 radical (unpaired) electrons. The molecule has 0 atom stereocenters. The van der Waals surface area contributed by atoms with Crippen LogP contribution in [0.4, 0.5) is 5.69 Å². The van der Waals surface area contributed by atoms with Gasteiger partial charge < -0.3 is 4.84 Å². The van der Waals surface area contributed by atoms with Crippen molar-refractivity contribution in [3.05, 3.63) is 38.3 Å². The third-order valence-corrected chi connectivity index (χ3v) is 2.03. The number of hydrogen-bond donors (Lipinski definition) is 1. The molecule has 0 heterocycles. The van der Waals surface area contributed by atoms with E-state index in [1.807, 2.05) is 0 Å². The number of nitrogens with one attached hydrogen (secondary N) is 1. The summed E-state index contributed by atoms with van der Waals surface area (Å²) in [4.78, 5) is 14.7. The van der Waals surface area contributed by atoms with Gasteiger partial charge in [0.25, 0.3) is 5.69 Å². The van der Waals surface area contributed by atoms with Gasteiger partial charge in [-0.3, -0.25) is 10.1 Å². The van der Waals surface area contributed by atoms with Crippen molar-refractivity contribution < 1.29 is 9.76 Å². The first kappa shape index (κ1) is 11.1. The molecule has 5 nitrogen and oxygen atoms in total. The molecule has 0 saturated heterocycles. The lowest BCUT2D eigenvalue weighted by Crippen LogP contribution is -2.10. The molecule has 0 aromatic heterocycles. The average Bonchev–Trinajstić information content (AvgIpc) is 2.14. The highest BCUT2D eigenvalue weighted by atomic mass is 79.9. The van der Waals surface area contributed by atoms with Crippen LogP contribution in [-0.2, 0) is 11.4 Å². The van der Waals surface area contributed by atoms with Gasteiger partial charge >= 0.3 is 0 Å². The van der Waals surface area contributed by atoms with Gasteiger partial charge in [0.05, 0.1) is 12.0 Å². The van der Waals surface area contributed by atoms with Crippen molar-refractivity contribution in [2.45, 2.75) is 6.54 Å². The highest BCUT2D eigenvalue weighted by Crippen LogP contribution is 2.21. The van der Waals surface area contributed by atoms with Crippen LogP contribution in [0.3, 0.4) is 0 Å². The molecule has 1 aromatic carbocycles. The zero-order valence-corrected chi connectivity index (χ0v) is 9.08. The zero-order chi connectivity index (χ0) is 10.6. The van der Waals surface area contributed by atoms with Gasteiger partial charge in [0.15, 0.2) is 0 Å². The summed E-state index contributed by atoms with van der Waals surface area (Å²) >= 11 is 3.20. The predicted octanol–water partition coefficient (Wildman–Crippen LogP) is 2.01.